The number of piperazine rings is 1. The molecule has 4 heterocycles. The molecule has 4 aromatic rings. The van der Waals surface area contributed by atoms with Crippen LogP contribution in [0, 0.1) is 11.7 Å². The normalized spacial score (nSPS) is 23.0. The highest BCUT2D eigenvalue weighted by Gasteiger charge is 2.44. The highest BCUT2D eigenvalue weighted by molar-refractivity contribution is 6.27. The van der Waals surface area contributed by atoms with E-state index in [9.17, 15) is 24.3 Å². The summed E-state index contributed by atoms with van der Waals surface area (Å²) in [6.45, 7) is 12.5. The minimum absolute atomic E-state index is 0.135. The maximum absolute atomic E-state index is 16.0. The minimum Gasteiger partial charge on any atom is -0.508 e. The number of aromatic hydroxyl groups is 1. The number of nitrogens with one attached hydrogen (secondary N) is 1. The van der Waals surface area contributed by atoms with Gasteiger partial charge < -0.3 is 14.7 Å². The zero-order valence-electron chi connectivity index (χ0n) is 36.5. The van der Waals surface area contributed by atoms with Crippen molar-refractivity contribution in [1.82, 2.24) is 20.0 Å². The first-order valence-corrected chi connectivity index (χ1v) is 22.5. The van der Waals surface area contributed by atoms with Gasteiger partial charge in [0.1, 0.15) is 30.0 Å². The number of carbonyl (C=O) groups is 4. The lowest BCUT2D eigenvalue weighted by molar-refractivity contribution is -0.141. The minimum atomic E-state index is -1.06. The number of imide groups is 1. The fraction of sp³-hybridized carbons (Fsp3) is 0.412. The number of benzene rings is 4. The van der Waals surface area contributed by atoms with Gasteiger partial charge in [0.2, 0.25) is 17.6 Å². The van der Waals surface area contributed by atoms with Crippen LogP contribution in [0.2, 0.25) is 0 Å². The van der Waals surface area contributed by atoms with Crippen LogP contribution in [0.4, 0.5) is 10.1 Å². The van der Waals surface area contributed by atoms with Gasteiger partial charge in [-0.2, -0.15) is 0 Å². The number of anilines is 1. The Bertz CT molecular complexity index is 2320. The van der Waals surface area contributed by atoms with Crippen molar-refractivity contribution >= 4 is 40.7 Å². The molecule has 4 aromatic carbocycles. The summed E-state index contributed by atoms with van der Waals surface area (Å²) in [7, 11) is 0. The quantitative estimate of drug-likeness (QED) is 0.0593. The second-order valence-corrected chi connectivity index (χ2v) is 17.6. The monoisotopic (exact) mass is 855 g/mol. The number of ether oxygens (including phenoxy) is 1. The Kier molecular flexibility index (Phi) is 13.5. The summed E-state index contributed by atoms with van der Waals surface area (Å²) in [5.41, 5.74) is 7.30. The van der Waals surface area contributed by atoms with E-state index in [1.54, 1.807) is 23.1 Å². The van der Waals surface area contributed by atoms with Crippen LogP contribution < -0.4 is 15.0 Å². The molecule has 0 aliphatic carbocycles. The van der Waals surface area contributed by atoms with E-state index in [1.807, 2.05) is 30.3 Å². The summed E-state index contributed by atoms with van der Waals surface area (Å²) < 4.78 is 22.3. The number of hydrogen-bond donors (Lipinski definition) is 2. The maximum Gasteiger partial charge on any atom is 0.243 e. The lowest BCUT2D eigenvalue weighted by Gasteiger charge is -2.47. The zero-order chi connectivity index (χ0) is 44.2. The molecule has 2 amide bonds. The third-order valence-corrected chi connectivity index (χ3v) is 13.6. The number of hydrogen-bond acceptors (Lipinski definition) is 10. The van der Waals surface area contributed by atoms with Gasteiger partial charge >= 0.3 is 0 Å². The number of amides is 2. The van der Waals surface area contributed by atoms with Crippen molar-refractivity contribution < 1.29 is 33.4 Å². The number of phenolic OH excluding ortho intramolecular Hbond substituents is 1. The number of piperidine rings is 2. The smallest absolute Gasteiger partial charge is 0.243 e. The summed E-state index contributed by atoms with van der Waals surface area (Å²) >= 11 is 0. The highest BCUT2D eigenvalue weighted by Crippen LogP contribution is 2.41. The van der Waals surface area contributed by atoms with E-state index in [1.165, 1.54) is 17.2 Å². The van der Waals surface area contributed by atoms with Crippen LogP contribution in [0.15, 0.2) is 91.0 Å². The van der Waals surface area contributed by atoms with Crippen LogP contribution in [-0.4, -0.2) is 108 Å². The van der Waals surface area contributed by atoms with Crippen LogP contribution >= 0.6 is 0 Å². The Morgan fingerprint density at radius 3 is 2.19 bits per heavy atom. The fourth-order valence-electron chi connectivity index (χ4n) is 10.3. The zero-order valence-corrected chi connectivity index (χ0v) is 36.5. The number of carbonyl (C=O) groups excluding carboxylic acids is 4. The molecule has 4 aliphatic heterocycles. The lowest BCUT2D eigenvalue weighted by Crippen LogP contribution is -2.58. The molecule has 330 valence electrons. The van der Waals surface area contributed by atoms with Crippen molar-refractivity contribution in [3.63, 3.8) is 0 Å². The summed E-state index contributed by atoms with van der Waals surface area (Å²) in [4.78, 5) is 57.9. The van der Waals surface area contributed by atoms with Gasteiger partial charge in [0, 0.05) is 51.2 Å². The van der Waals surface area contributed by atoms with E-state index in [4.69, 9.17) is 4.74 Å². The molecule has 0 aromatic heterocycles. The summed E-state index contributed by atoms with van der Waals surface area (Å²) in [6.07, 6.45) is 3.66. The number of allylic oxidation sites excluding steroid dienone is 1. The fourth-order valence-corrected chi connectivity index (χ4v) is 10.3. The number of ketones is 1. The van der Waals surface area contributed by atoms with Gasteiger partial charge in [-0.25, -0.2) is 4.39 Å². The molecule has 63 heavy (non-hydrogen) atoms. The predicted octanol–water partition coefficient (Wildman–Crippen LogP) is 7.02. The van der Waals surface area contributed by atoms with Crippen LogP contribution in [0.25, 0.3) is 11.1 Å². The molecular weight excluding hydrogens is 798 g/mol. The van der Waals surface area contributed by atoms with E-state index < -0.39 is 29.6 Å². The second-order valence-electron chi connectivity index (χ2n) is 17.6. The maximum atomic E-state index is 16.0. The third kappa shape index (κ3) is 9.63. The SMILES string of the molecule is CCC(=C(c1ccc(O)cc1)c1ccc(OCCN2CCC(CN3C(C)CN(c4cc5c(cc4F)C(C(=O)C=O)N(C4CCC(=O)NC4=O)C5)CC3C)CC2)cc1)c1ccccc1. The van der Waals surface area contributed by atoms with Crippen LogP contribution in [0.1, 0.15) is 86.7 Å². The number of likely N-dealkylation sites (tertiary alicyclic amines) is 1. The Morgan fingerprint density at radius 2 is 1.56 bits per heavy atom. The number of Topliss-reactive ketones (excluding diaryl/α,β-unsaturated/α-hetero) is 1. The molecule has 2 N–H and O–H groups in total. The summed E-state index contributed by atoms with van der Waals surface area (Å²) in [5, 5.41) is 12.3. The number of halogens is 1. The van der Waals surface area contributed by atoms with Gasteiger partial charge in [0.25, 0.3) is 0 Å². The predicted molar refractivity (Wildman–Crippen MR) is 242 cm³/mol. The molecule has 3 saturated heterocycles. The van der Waals surface area contributed by atoms with Gasteiger partial charge in [-0.15, -0.1) is 0 Å². The van der Waals surface area contributed by atoms with Gasteiger partial charge in [0.15, 0.2) is 6.29 Å². The lowest BCUT2D eigenvalue weighted by atomic mass is 9.88. The number of aldehydes is 1. The number of nitrogens with zero attached hydrogens (tertiary/aromatic N) is 4. The summed E-state index contributed by atoms with van der Waals surface area (Å²) in [5.74, 6) is -0.409. The third-order valence-electron chi connectivity index (χ3n) is 13.6. The molecule has 11 nitrogen and oxygen atoms in total. The van der Waals surface area contributed by atoms with Gasteiger partial charge in [0.05, 0.1) is 11.7 Å². The van der Waals surface area contributed by atoms with Gasteiger partial charge in [-0.05, 0) is 134 Å². The standard InChI is InChI=1S/C51H58FN5O6/c1-4-42(36-8-6-5-7-9-36)49(37-10-14-40(59)15-11-37)38-12-16-41(17-13-38)63-25-24-54-22-20-35(21-23-54)30-56-33(2)28-55(29-34(56)3)46-26-39-31-57(45-18-19-48(61)53-51(45)62)50(47(60)32-58)43(39)27-44(46)52/h5-17,26-27,32-35,45,50,59H,4,18-25,28-31H2,1-3H3,(H,53,61,62). The molecule has 0 bridgehead atoms. The summed E-state index contributed by atoms with van der Waals surface area (Å²) in [6, 6.07) is 27.9. The Morgan fingerprint density at radius 1 is 0.889 bits per heavy atom. The van der Waals surface area contributed by atoms with E-state index in [0.717, 1.165) is 67.9 Å². The first-order chi connectivity index (χ1) is 30.5. The Hall–Kier alpha value is -5.69. The number of fused-ring (bicyclic) bond motifs is 1. The highest BCUT2D eigenvalue weighted by atomic mass is 19.1. The molecule has 0 spiro atoms. The van der Waals surface area contributed by atoms with Crippen molar-refractivity contribution in [1.29, 1.82) is 0 Å². The number of phenols is 1. The van der Waals surface area contributed by atoms with E-state index in [2.05, 4.69) is 77.2 Å². The molecule has 12 heteroatoms. The Balaban J connectivity index is 0.832. The van der Waals surface area contributed by atoms with E-state index in [-0.39, 0.29) is 49.4 Å². The van der Waals surface area contributed by atoms with Crippen molar-refractivity contribution in [3.8, 4) is 11.5 Å². The number of rotatable bonds is 14. The first kappa shape index (κ1) is 43.9. The largest absolute Gasteiger partial charge is 0.508 e. The van der Waals surface area contributed by atoms with Crippen LogP contribution in [-0.2, 0) is 25.7 Å². The molecule has 0 saturated carbocycles. The topological polar surface area (TPSA) is 123 Å². The molecular formula is C51H58FN5O6. The van der Waals surface area contributed by atoms with Crippen molar-refractivity contribution in [2.24, 2.45) is 5.92 Å². The average Bonchev–Trinajstić information content (AvgIpc) is 3.65. The average molecular weight is 856 g/mol. The second kappa shape index (κ2) is 19.4. The van der Waals surface area contributed by atoms with Crippen molar-refractivity contribution in [2.75, 3.05) is 50.8 Å². The van der Waals surface area contributed by atoms with Crippen LogP contribution in [0.5, 0.6) is 11.5 Å². The molecule has 4 aliphatic rings. The van der Waals surface area contributed by atoms with E-state index in [0.29, 0.717) is 42.4 Å². The Labute approximate surface area is 369 Å². The van der Waals surface area contributed by atoms with E-state index >= 15 is 4.39 Å². The molecule has 0 radical (unpaired) electrons. The van der Waals surface area contributed by atoms with Crippen molar-refractivity contribution in [2.45, 2.75) is 83.6 Å². The van der Waals surface area contributed by atoms with Gasteiger partial charge in [-0.1, -0.05) is 61.5 Å². The molecule has 8 rings (SSSR count). The van der Waals surface area contributed by atoms with Crippen molar-refractivity contribution in [3.05, 3.63) is 125 Å². The molecule has 4 atom stereocenters. The van der Waals surface area contributed by atoms with Crippen LogP contribution in [0.3, 0.4) is 0 Å². The molecule has 4 unspecified atom stereocenters. The van der Waals surface area contributed by atoms with Gasteiger partial charge in [-0.3, -0.25) is 39.2 Å². The molecule has 3 fully saturated rings. The first-order valence-electron chi connectivity index (χ1n) is 22.5.